The molecule has 5 heteroatoms. The predicted molar refractivity (Wildman–Crippen MR) is 94.5 cm³/mol. The van der Waals surface area contributed by atoms with Gasteiger partial charge in [-0.25, -0.2) is 5.43 Å². The largest absolute Gasteiger partial charge is 0.480 e. The van der Waals surface area contributed by atoms with Crippen LogP contribution in [-0.4, -0.2) is 22.2 Å². The highest BCUT2D eigenvalue weighted by Gasteiger charge is 2.22. The molecule has 0 heterocycles. The van der Waals surface area contributed by atoms with Crippen molar-refractivity contribution in [2.75, 3.05) is 5.43 Å². The highest BCUT2D eigenvalue weighted by Crippen LogP contribution is 2.24. The number of aliphatic hydroxyl groups is 1. The molecule has 0 saturated heterocycles. The molecule has 0 aliphatic rings. The van der Waals surface area contributed by atoms with E-state index in [0.717, 1.165) is 11.3 Å². The molecule has 2 aromatic rings. The van der Waals surface area contributed by atoms with Crippen molar-refractivity contribution in [3.05, 3.63) is 77.9 Å². The number of aliphatic hydroxyl groups excluding tert-OH is 1. The van der Waals surface area contributed by atoms with Gasteiger partial charge in [0.2, 0.25) is 0 Å². The lowest BCUT2D eigenvalue weighted by atomic mass is 9.96. The lowest BCUT2D eigenvalue weighted by molar-refractivity contribution is -0.139. The van der Waals surface area contributed by atoms with Gasteiger partial charge in [-0.05, 0) is 36.6 Å². The summed E-state index contributed by atoms with van der Waals surface area (Å²) in [5.41, 5.74) is 8.56. The van der Waals surface area contributed by atoms with Gasteiger partial charge in [-0.3, -0.25) is 4.79 Å². The quantitative estimate of drug-likeness (QED) is 0.443. The smallest absolute Gasteiger partial charge is 0.322 e. The molecule has 4 N–H and O–H groups in total. The third-order valence-electron chi connectivity index (χ3n) is 3.67. The number of benzene rings is 2. The van der Waals surface area contributed by atoms with Crippen LogP contribution in [0, 0.1) is 6.92 Å². The highest BCUT2D eigenvalue weighted by atomic mass is 16.4. The summed E-state index contributed by atoms with van der Waals surface area (Å²) in [6, 6.07) is 15.8. The van der Waals surface area contributed by atoms with Gasteiger partial charge in [-0.1, -0.05) is 54.6 Å². The fourth-order valence-electron chi connectivity index (χ4n) is 2.34. The summed E-state index contributed by atoms with van der Waals surface area (Å²) in [7, 11) is 0. The van der Waals surface area contributed by atoms with Crippen molar-refractivity contribution < 1.29 is 15.0 Å². The van der Waals surface area contributed by atoms with Gasteiger partial charge in [0.1, 0.15) is 6.04 Å². The Morgan fingerprint density at radius 1 is 1.17 bits per heavy atom. The Bertz CT molecular complexity index is 701. The zero-order valence-electron chi connectivity index (χ0n) is 13.6. The Morgan fingerprint density at radius 2 is 1.88 bits per heavy atom. The highest BCUT2D eigenvalue weighted by molar-refractivity contribution is 5.74. The van der Waals surface area contributed by atoms with E-state index in [2.05, 4.69) is 17.4 Å². The Hall–Kier alpha value is -2.63. The van der Waals surface area contributed by atoms with Crippen molar-refractivity contribution in [1.29, 1.82) is 0 Å². The van der Waals surface area contributed by atoms with Crippen LogP contribution in [0.3, 0.4) is 0 Å². The number of hydrazine groups is 1. The molecule has 2 unspecified atom stereocenters. The number of carboxylic acid groups (broad SMARTS) is 1. The average molecular weight is 326 g/mol. The molecular formula is C19H22N2O3. The number of hydrogen-bond acceptors (Lipinski definition) is 4. The Kier molecular flexibility index (Phi) is 6.12. The maximum Gasteiger partial charge on any atom is 0.322 e. The van der Waals surface area contributed by atoms with E-state index in [9.17, 15) is 15.0 Å². The molecule has 24 heavy (non-hydrogen) atoms. The van der Waals surface area contributed by atoms with Gasteiger partial charge in [-0.15, -0.1) is 0 Å². The minimum absolute atomic E-state index is 0.101. The number of nitrogens with one attached hydrogen (secondary N) is 2. The number of rotatable bonds is 8. The van der Waals surface area contributed by atoms with Crippen molar-refractivity contribution >= 4 is 11.7 Å². The lowest BCUT2D eigenvalue weighted by Crippen LogP contribution is -2.40. The average Bonchev–Trinajstić information content (AvgIpc) is 2.58. The summed E-state index contributed by atoms with van der Waals surface area (Å²) >= 11 is 0. The second kappa shape index (κ2) is 8.29. The molecule has 0 saturated carbocycles. The third kappa shape index (κ3) is 4.94. The van der Waals surface area contributed by atoms with Crippen molar-refractivity contribution in [3.63, 3.8) is 0 Å². The summed E-state index contributed by atoms with van der Waals surface area (Å²) in [6.45, 7) is 5.79. The van der Waals surface area contributed by atoms with Crippen LogP contribution in [0.2, 0.25) is 0 Å². The molecule has 2 atom stereocenters. The number of anilines is 1. The fraction of sp³-hybridized carbons (Fsp3) is 0.211. The maximum atomic E-state index is 11.4. The van der Waals surface area contributed by atoms with Crippen molar-refractivity contribution in [2.24, 2.45) is 0 Å². The molecule has 5 nitrogen and oxygen atoms in total. The molecule has 126 valence electrons. The molecule has 0 bridgehead atoms. The zero-order valence-corrected chi connectivity index (χ0v) is 13.6. The molecular weight excluding hydrogens is 304 g/mol. The predicted octanol–water partition coefficient (Wildman–Crippen LogP) is 3.04. The van der Waals surface area contributed by atoms with Gasteiger partial charge in [0, 0.05) is 5.69 Å². The second-order valence-corrected chi connectivity index (χ2v) is 5.71. The monoisotopic (exact) mass is 326 g/mol. The minimum atomic E-state index is -1.02. The lowest BCUT2D eigenvalue weighted by Gasteiger charge is -2.20. The van der Waals surface area contributed by atoms with E-state index in [1.165, 1.54) is 0 Å². The Balaban J connectivity index is 1.99. The number of aliphatic carboxylic acids is 1. The van der Waals surface area contributed by atoms with Crippen LogP contribution >= 0.6 is 0 Å². The van der Waals surface area contributed by atoms with Gasteiger partial charge in [0.25, 0.3) is 0 Å². The SMILES string of the molecule is C=C(CC(NNc1ccccc1)C(=O)O)C(O)c1cccc(C)c1. The molecule has 2 aromatic carbocycles. The van der Waals surface area contributed by atoms with E-state index in [-0.39, 0.29) is 6.42 Å². The molecule has 0 radical (unpaired) electrons. The van der Waals surface area contributed by atoms with E-state index in [0.29, 0.717) is 11.1 Å². The summed E-state index contributed by atoms with van der Waals surface area (Å²) in [6.07, 6.45) is -0.796. The van der Waals surface area contributed by atoms with E-state index in [1.807, 2.05) is 55.5 Å². The van der Waals surface area contributed by atoms with Gasteiger partial charge >= 0.3 is 5.97 Å². The molecule has 0 amide bonds. The van der Waals surface area contributed by atoms with Crippen molar-refractivity contribution in [1.82, 2.24) is 5.43 Å². The van der Waals surface area contributed by atoms with E-state index in [1.54, 1.807) is 6.07 Å². The van der Waals surface area contributed by atoms with Crippen LogP contribution in [0.4, 0.5) is 5.69 Å². The van der Waals surface area contributed by atoms with Crippen molar-refractivity contribution in [3.8, 4) is 0 Å². The third-order valence-corrected chi connectivity index (χ3v) is 3.67. The topological polar surface area (TPSA) is 81.6 Å². The Morgan fingerprint density at radius 3 is 2.50 bits per heavy atom. The fourth-order valence-corrected chi connectivity index (χ4v) is 2.34. The molecule has 0 aliphatic heterocycles. The van der Waals surface area contributed by atoms with Gasteiger partial charge in [0.05, 0.1) is 6.10 Å². The first-order valence-corrected chi connectivity index (χ1v) is 7.69. The van der Waals surface area contributed by atoms with E-state index >= 15 is 0 Å². The van der Waals surface area contributed by atoms with E-state index < -0.39 is 18.1 Å². The van der Waals surface area contributed by atoms with Gasteiger partial charge in [0.15, 0.2) is 0 Å². The van der Waals surface area contributed by atoms with Crippen LogP contribution in [0.15, 0.2) is 66.7 Å². The van der Waals surface area contributed by atoms with Crippen LogP contribution < -0.4 is 10.9 Å². The normalized spacial score (nSPS) is 13.1. The molecule has 0 aliphatic carbocycles. The van der Waals surface area contributed by atoms with Crippen LogP contribution in [0.1, 0.15) is 23.7 Å². The minimum Gasteiger partial charge on any atom is -0.480 e. The summed E-state index contributed by atoms with van der Waals surface area (Å²) in [5, 5.41) is 19.8. The summed E-state index contributed by atoms with van der Waals surface area (Å²) in [4.78, 5) is 11.4. The molecule has 0 aromatic heterocycles. The number of carbonyl (C=O) groups is 1. The summed E-state index contributed by atoms with van der Waals surface area (Å²) in [5.74, 6) is -1.02. The van der Waals surface area contributed by atoms with E-state index in [4.69, 9.17) is 0 Å². The van der Waals surface area contributed by atoms with Crippen LogP contribution in [0.25, 0.3) is 0 Å². The van der Waals surface area contributed by atoms with Gasteiger partial charge in [-0.2, -0.15) is 0 Å². The van der Waals surface area contributed by atoms with Crippen molar-refractivity contribution in [2.45, 2.75) is 25.5 Å². The Labute approximate surface area is 141 Å². The first-order chi connectivity index (χ1) is 11.5. The molecule has 0 fully saturated rings. The van der Waals surface area contributed by atoms with Crippen LogP contribution in [-0.2, 0) is 4.79 Å². The molecule has 2 rings (SSSR count). The zero-order chi connectivity index (χ0) is 17.5. The van der Waals surface area contributed by atoms with Crippen LogP contribution in [0.5, 0.6) is 0 Å². The second-order valence-electron chi connectivity index (χ2n) is 5.71. The van der Waals surface area contributed by atoms with Gasteiger partial charge < -0.3 is 15.6 Å². The molecule has 0 spiro atoms. The first kappa shape index (κ1) is 17.7. The number of aryl methyl sites for hydroxylation is 1. The number of para-hydroxylation sites is 1. The maximum absolute atomic E-state index is 11.4. The number of hydrogen-bond donors (Lipinski definition) is 4. The standard InChI is InChI=1S/C19H22N2O3/c1-13-7-6-8-15(11-13)18(22)14(2)12-17(19(23)24)21-20-16-9-4-3-5-10-16/h3-11,17-18,20-22H,2,12H2,1H3,(H,23,24). The number of carboxylic acids is 1. The first-order valence-electron chi connectivity index (χ1n) is 7.69. The summed E-state index contributed by atoms with van der Waals surface area (Å²) < 4.78 is 0.